The molecule has 0 rings (SSSR count). The summed E-state index contributed by atoms with van der Waals surface area (Å²) >= 11 is 0. The fraction of sp³-hybridized carbons (Fsp3) is 0.920. The first-order valence-corrected chi connectivity index (χ1v) is 11.8. The van der Waals surface area contributed by atoms with Gasteiger partial charge in [-0.1, -0.05) is 143 Å². The molecule has 0 heteroatoms. The van der Waals surface area contributed by atoms with Crippen LogP contribution in [0.2, 0.25) is 0 Å². The number of hydrogen-bond acceptors (Lipinski definition) is 0. The topological polar surface area (TPSA) is 0 Å². The number of rotatable bonds is 20. The molecule has 1 unspecified atom stereocenters. The van der Waals surface area contributed by atoms with Crippen molar-refractivity contribution in [1.29, 1.82) is 0 Å². The SMILES string of the molecule is [CH2]CCCCCCCCC(CCCCCCCCC[CH]CC)C(C)C. The smallest absolute Gasteiger partial charge is 0.0389 e. The lowest BCUT2D eigenvalue weighted by molar-refractivity contribution is 0.312. The molecule has 0 nitrogen and oxygen atoms in total. The summed E-state index contributed by atoms with van der Waals surface area (Å²) < 4.78 is 0. The van der Waals surface area contributed by atoms with Crippen LogP contribution in [-0.4, -0.2) is 0 Å². The Hall–Kier alpha value is 0. The van der Waals surface area contributed by atoms with Crippen molar-refractivity contribution in [2.45, 2.75) is 136 Å². The highest BCUT2D eigenvalue weighted by Crippen LogP contribution is 2.25. The molecular weight excluding hydrogens is 300 g/mol. The van der Waals surface area contributed by atoms with Gasteiger partial charge in [0.2, 0.25) is 0 Å². The maximum Gasteiger partial charge on any atom is -0.0389 e. The van der Waals surface area contributed by atoms with Gasteiger partial charge in [0, 0.05) is 0 Å². The molecule has 150 valence electrons. The van der Waals surface area contributed by atoms with E-state index in [-0.39, 0.29) is 0 Å². The van der Waals surface area contributed by atoms with Crippen LogP contribution in [0, 0.1) is 25.2 Å². The van der Waals surface area contributed by atoms with Crippen molar-refractivity contribution in [3.8, 4) is 0 Å². The molecule has 0 aliphatic heterocycles. The predicted molar refractivity (Wildman–Crippen MR) is 117 cm³/mol. The van der Waals surface area contributed by atoms with Gasteiger partial charge in [-0.05, 0) is 18.3 Å². The Morgan fingerprint density at radius 3 is 1.52 bits per heavy atom. The molecule has 1 atom stereocenters. The van der Waals surface area contributed by atoms with E-state index in [2.05, 4.69) is 34.1 Å². The Morgan fingerprint density at radius 2 is 1.08 bits per heavy atom. The lowest BCUT2D eigenvalue weighted by atomic mass is 9.85. The van der Waals surface area contributed by atoms with Crippen LogP contribution in [0.15, 0.2) is 0 Å². The summed E-state index contributed by atoms with van der Waals surface area (Å²) in [6.07, 6.45) is 27.8. The van der Waals surface area contributed by atoms with Crippen LogP contribution in [0.1, 0.15) is 136 Å². The Kier molecular flexibility index (Phi) is 20.3. The van der Waals surface area contributed by atoms with Crippen molar-refractivity contribution in [3.63, 3.8) is 0 Å². The normalized spacial score (nSPS) is 12.8. The van der Waals surface area contributed by atoms with E-state index >= 15 is 0 Å². The molecule has 0 spiro atoms. The van der Waals surface area contributed by atoms with Crippen LogP contribution < -0.4 is 0 Å². The highest BCUT2D eigenvalue weighted by Gasteiger charge is 2.12. The molecular formula is C25H50. The second-order valence-electron chi connectivity index (χ2n) is 8.52. The van der Waals surface area contributed by atoms with Gasteiger partial charge in [0.15, 0.2) is 0 Å². The molecule has 0 fully saturated rings. The predicted octanol–water partition coefficient (Wildman–Crippen LogP) is 9.34. The zero-order valence-corrected chi connectivity index (χ0v) is 18.2. The van der Waals surface area contributed by atoms with Crippen LogP contribution in [-0.2, 0) is 0 Å². The molecule has 2 radical (unpaired) electrons. The summed E-state index contributed by atoms with van der Waals surface area (Å²) in [7, 11) is 0. The molecule has 0 aliphatic carbocycles. The fourth-order valence-electron chi connectivity index (χ4n) is 3.88. The molecule has 0 aliphatic rings. The maximum absolute atomic E-state index is 3.93. The van der Waals surface area contributed by atoms with Crippen molar-refractivity contribution in [3.05, 3.63) is 13.3 Å². The summed E-state index contributed by atoms with van der Waals surface area (Å²) in [6, 6.07) is 0. The Labute approximate surface area is 161 Å². The van der Waals surface area contributed by atoms with Gasteiger partial charge in [0.05, 0.1) is 0 Å². The summed E-state index contributed by atoms with van der Waals surface area (Å²) in [6.45, 7) is 11.0. The summed E-state index contributed by atoms with van der Waals surface area (Å²) in [5.41, 5.74) is 0. The van der Waals surface area contributed by atoms with Gasteiger partial charge < -0.3 is 0 Å². The third-order valence-corrected chi connectivity index (χ3v) is 5.79. The van der Waals surface area contributed by atoms with Crippen molar-refractivity contribution in [1.82, 2.24) is 0 Å². The van der Waals surface area contributed by atoms with E-state index in [4.69, 9.17) is 0 Å². The second-order valence-corrected chi connectivity index (χ2v) is 8.52. The Bertz CT molecular complexity index is 230. The van der Waals surface area contributed by atoms with E-state index < -0.39 is 0 Å². The molecule has 0 saturated carbocycles. The van der Waals surface area contributed by atoms with Crippen molar-refractivity contribution < 1.29 is 0 Å². The average molecular weight is 351 g/mol. The monoisotopic (exact) mass is 350 g/mol. The minimum atomic E-state index is 0.876. The zero-order chi connectivity index (χ0) is 18.6. The zero-order valence-electron chi connectivity index (χ0n) is 18.2. The molecule has 0 amide bonds. The maximum atomic E-state index is 3.93. The summed E-state index contributed by atoms with van der Waals surface area (Å²) in [5.74, 6) is 1.85. The Morgan fingerprint density at radius 1 is 0.640 bits per heavy atom. The minimum absolute atomic E-state index is 0.876. The van der Waals surface area contributed by atoms with Gasteiger partial charge in [-0.2, -0.15) is 0 Å². The fourth-order valence-corrected chi connectivity index (χ4v) is 3.88. The van der Waals surface area contributed by atoms with E-state index in [1.165, 1.54) is 109 Å². The molecule has 0 aromatic rings. The second kappa shape index (κ2) is 20.3. The molecule has 0 aromatic heterocycles. The van der Waals surface area contributed by atoms with Crippen LogP contribution in [0.4, 0.5) is 0 Å². The van der Waals surface area contributed by atoms with E-state index in [1.807, 2.05) is 0 Å². The molecule has 0 N–H and O–H groups in total. The summed E-state index contributed by atoms with van der Waals surface area (Å²) in [5, 5.41) is 0. The standard InChI is InChI=1S/C25H50/c1-5-7-9-11-13-14-15-17-19-21-23-25(24(3)4)22-20-18-16-12-10-8-6-2/h7,24-25H,2,5-6,8-23H2,1,3-4H3. The highest BCUT2D eigenvalue weighted by molar-refractivity contribution is 4.65. The van der Waals surface area contributed by atoms with E-state index in [0.29, 0.717) is 0 Å². The third kappa shape index (κ3) is 18.6. The molecule has 0 heterocycles. The quantitative estimate of drug-likeness (QED) is 0.192. The van der Waals surface area contributed by atoms with Gasteiger partial charge in [0.25, 0.3) is 0 Å². The Balaban J connectivity index is 3.45. The van der Waals surface area contributed by atoms with E-state index in [0.717, 1.165) is 18.3 Å². The molecule has 0 saturated heterocycles. The van der Waals surface area contributed by atoms with E-state index in [9.17, 15) is 0 Å². The minimum Gasteiger partial charge on any atom is -0.0651 e. The van der Waals surface area contributed by atoms with Crippen LogP contribution in [0.5, 0.6) is 0 Å². The van der Waals surface area contributed by atoms with Crippen molar-refractivity contribution in [2.24, 2.45) is 11.8 Å². The lowest BCUT2D eigenvalue weighted by Gasteiger charge is -2.20. The number of unbranched alkanes of at least 4 members (excludes halogenated alkanes) is 15. The largest absolute Gasteiger partial charge is 0.0651 e. The van der Waals surface area contributed by atoms with Gasteiger partial charge in [-0.3, -0.25) is 0 Å². The first kappa shape index (κ1) is 25.0. The van der Waals surface area contributed by atoms with Crippen LogP contribution >= 0.6 is 0 Å². The summed E-state index contributed by atoms with van der Waals surface area (Å²) in [4.78, 5) is 0. The van der Waals surface area contributed by atoms with Crippen molar-refractivity contribution in [2.75, 3.05) is 0 Å². The molecule has 25 heavy (non-hydrogen) atoms. The van der Waals surface area contributed by atoms with Gasteiger partial charge in [-0.25, -0.2) is 0 Å². The van der Waals surface area contributed by atoms with Gasteiger partial charge in [-0.15, -0.1) is 0 Å². The first-order chi connectivity index (χ1) is 12.2. The van der Waals surface area contributed by atoms with Crippen molar-refractivity contribution >= 4 is 0 Å². The highest BCUT2D eigenvalue weighted by atomic mass is 14.2. The molecule has 0 aromatic carbocycles. The van der Waals surface area contributed by atoms with Crippen LogP contribution in [0.3, 0.4) is 0 Å². The number of hydrogen-bond donors (Lipinski definition) is 0. The van der Waals surface area contributed by atoms with Gasteiger partial charge in [0.1, 0.15) is 0 Å². The third-order valence-electron chi connectivity index (χ3n) is 5.79. The average Bonchev–Trinajstić information content (AvgIpc) is 2.60. The van der Waals surface area contributed by atoms with E-state index in [1.54, 1.807) is 0 Å². The van der Waals surface area contributed by atoms with Gasteiger partial charge >= 0.3 is 0 Å². The first-order valence-electron chi connectivity index (χ1n) is 11.8. The van der Waals surface area contributed by atoms with Crippen LogP contribution in [0.25, 0.3) is 0 Å². The molecule has 0 bridgehead atoms. The lowest BCUT2D eigenvalue weighted by Crippen LogP contribution is -2.08.